The largest absolute Gasteiger partial charge is 0.378 e. The van der Waals surface area contributed by atoms with Crippen molar-refractivity contribution >= 4 is 0 Å². The Balaban J connectivity index is 1.52. The quantitative estimate of drug-likeness (QED) is 0.737. The molecule has 0 saturated carbocycles. The third-order valence-electron chi connectivity index (χ3n) is 3.08. The van der Waals surface area contributed by atoms with E-state index in [1.165, 1.54) is 32.2 Å². The normalized spacial score (nSPS) is 33.4. The average molecular weight is 199 g/mol. The Morgan fingerprint density at radius 1 is 1.21 bits per heavy atom. The van der Waals surface area contributed by atoms with Crippen LogP contribution in [0.1, 0.15) is 25.7 Å². The van der Waals surface area contributed by atoms with Gasteiger partial charge in [0.1, 0.15) is 0 Å². The van der Waals surface area contributed by atoms with Gasteiger partial charge in [0.05, 0.1) is 19.3 Å². The highest BCUT2D eigenvalue weighted by Crippen LogP contribution is 2.14. The molecule has 2 rings (SSSR count). The van der Waals surface area contributed by atoms with Gasteiger partial charge < -0.3 is 14.8 Å². The van der Waals surface area contributed by atoms with E-state index in [0.29, 0.717) is 6.10 Å². The highest BCUT2D eigenvalue weighted by molar-refractivity contribution is 4.69. The van der Waals surface area contributed by atoms with Gasteiger partial charge in [-0.3, -0.25) is 0 Å². The molecular formula is C11H21NO2. The van der Waals surface area contributed by atoms with Gasteiger partial charge in [0, 0.05) is 13.2 Å². The van der Waals surface area contributed by atoms with Crippen molar-refractivity contribution in [1.82, 2.24) is 5.32 Å². The Labute approximate surface area is 86.2 Å². The molecule has 2 fully saturated rings. The van der Waals surface area contributed by atoms with Crippen LogP contribution >= 0.6 is 0 Å². The van der Waals surface area contributed by atoms with E-state index in [0.717, 1.165) is 32.3 Å². The SMILES string of the molecule is C1CNC[C@H](COC[C@H]2CCCO2)C1. The van der Waals surface area contributed by atoms with Crippen LogP contribution in [0.25, 0.3) is 0 Å². The summed E-state index contributed by atoms with van der Waals surface area (Å²) in [7, 11) is 0. The van der Waals surface area contributed by atoms with Crippen LogP contribution in [0.2, 0.25) is 0 Å². The first-order valence-electron chi connectivity index (χ1n) is 5.85. The molecule has 2 atom stereocenters. The number of ether oxygens (including phenoxy) is 2. The third kappa shape index (κ3) is 3.23. The monoisotopic (exact) mass is 199 g/mol. The lowest BCUT2D eigenvalue weighted by Crippen LogP contribution is -2.33. The van der Waals surface area contributed by atoms with Gasteiger partial charge in [-0.25, -0.2) is 0 Å². The Morgan fingerprint density at radius 2 is 2.21 bits per heavy atom. The summed E-state index contributed by atoms with van der Waals surface area (Å²) in [6.45, 7) is 4.95. The molecule has 0 aromatic carbocycles. The zero-order valence-electron chi connectivity index (χ0n) is 8.84. The summed E-state index contributed by atoms with van der Waals surface area (Å²) < 4.78 is 11.2. The van der Waals surface area contributed by atoms with Crippen LogP contribution in [-0.2, 0) is 9.47 Å². The van der Waals surface area contributed by atoms with E-state index in [-0.39, 0.29) is 0 Å². The molecule has 0 spiro atoms. The smallest absolute Gasteiger partial charge is 0.0809 e. The summed E-state index contributed by atoms with van der Waals surface area (Å²) >= 11 is 0. The molecular weight excluding hydrogens is 178 g/mol. The zero-order valence-corrected chi connectivity index (χ0v) is 8.84. The van der Waals surface area contributed by atoms with Gasteiger partial charge in [-0.05, 0) is 38.1 Å². The highest BCUT2D eigenvalue weighted by Gasteiger charge is 2.17. The van der Waals surface area contributed by atoms with Crippen molar-refractivity contribution in [1.29, 1.82) is 0 Å². The first kappa shape index (κ1) is 10.4. The van der Waals surface area contributed by atoms with Crippen molar-refractivity contribution in [2.45, 2.75) is 31.8 Å². The summed E-state index contributed by atoms with van der Waals surface area (Å²) in [6.07, 6.45) is 5.39. The Bertz CT molecular complexity index is 151. The van der Waals surface area contributed by atoms with Gasteiger partial charge in [0.2, 0.25) is 0 Å². The highest BCUT2D eigenvalue weighted by atomic mass is 16.5. The van der Waals surface area contributed by atoms with Crippen molar-refractivity contribution in [3.05, 3.63) is 0 Å². The third-order valence-corrected chi connectivity index (χ3v) is 3.08. The van der Waals surface area contributed by atoms with E-state index in [1.54, 1.807) is 0 Å². The molecule has 2 aliphatic rings. The van der Waals surface area contributed by atoms with Crippen LogP contribution in [-0.4, -0.2) is 39.0 Å². The van der Waals surface area contributed by atoms with E-state index < -0.39 is 0 Å². The van der Waals surface area contributed by atoms with Gasteiger partial charge in [-0.2, -0.15) is 0 Å². The molecule has 1 N–H and O–H groups in total. The Kier molecular flexibility index (Phi) is 4.22. The van der Waals surface area contributed by atoms with E-state index in [4.69, 9.17) is 9.47 Å². The minimum Gasteiger partial charge on any atom is -0.378 e. The summed E-state index contributed by atoms with van der Waals surface area (Å²) in [4.78, 5) is 0. The molecule has 0 amide bonds. The molecule has 0 unspecified atom stereocenters. The summed E-state index contributed by atoms with van der Waals surface area (Å²) in [5.41, 5.74) is 0. The zero-order chi connectivity index (χ0) is 9.64. The van der Waals surface area contributed by atoms with Crippen LogP contribution in [0, 0.1) is 5.92 Å². The lowest BCUT2D eigenvalue weighted by molar-refractivity contribution is 0.00268. The van der Waals surface area contributed by atoms with Gasteiger partial charge in [-0.15, -0.1) is 0 Å². The van der Waals surface area contributed by atoms with E-state index in [2.05, 4.69) is 5.32 Å². The maximum Gasteiger partial charge on any atom is 0.0809 e. The van der Waals surface area contributed by atoms with Gasteiger partial charge in [0.15, 0.2) is 0 Å². The van der Waals surface area contributed by atoms with E-state index in [9.17, 15) is 0 Å². The summed E-state index contributed by atoms with van der Waals surface area (Å²) in [6, 6.07) is 0. The predicted molar refractivity (Wildman–Crippen MR) is 55.4 cm³/mol. The lowest BCUT2D eigenvalue weighted by atomic mass is 10.0. The number of nitrogens with one attached hydrogen (secondary N) is 1. The van der Waals surface area contributed by atoms with Crippen molar-refractivity contribution < 1.29 is 9.47 Å². The fourth-order valence-electron chi connectivity index (χ4n) is 2.21. The van der Waals surface area contributed by atoms with Crippen LogP contribution in [0.15, 0.2) is 0 Å². The number of piperidine rings is 1. The number of hydrogen-bond acceptors (Lipinski definition) is 3. The summed E-state index contributed by atoms with van der Waals surface area (Å²) in [5.74, 6) is 0.727. The minimum absolute atomic E-state index is 0.381. The number of rotatable bonds is 4. The molecule has 0 bridgehead atoms. The van der Waals surface area contributed by atoms with Crippen molar-refractivity contribution in [3.63, 3.8) is 0 Å². The van der Waals surface area contributed by atoms with Gasteiger partial charge >= 0.3 is 0 Å². The Hall–Kier alpha value is -0.120. The second kappa shape index (κ2) is 5.69. The maximum atomic E-state index is 5.69. The molecule has 3 nitrogen and oxygen atoms in total. The first-order valence-corrected chi connectivity index (χ1v) is 5.85. The van der Waals surface area contributed by atoms with E-state index in [1.807, 2.05) is 0 Å². The lowest BCUT2D eigenvalue weighted by Gasteiger charge is -2.23. The Morgan fingerprint density at radius 3 is 2.93 bits per heavy atom. The molecule has 0 aliphatic carbocycles. The maximum absolute atomic E-state index is 5.69. The minimum atomic E-state index is 0.381. The average Bonchev–Trinajstić information content (AvgIpc) is 2.72. The van der Waals surface area contributed by atoms with Crippen LogP contribution in [0.5, 0.6) is 0 Å². The van der Waals surface area contributed by atoms with Crippen molar-refractivity contribution in [2.75, 3.05) is 32.9 Å². The van der Waals surface area contributed by atoms with Crippen LogP contribution in [0.3, 0.4) is 0 Å². The molecule has 0 aromatic heterocycles. The standard InChI is InChI=1S/C11H21NO2/c1-3-10(7-12-5-1)8-13-9-11-4-2-6-14-11/h10-12H,1-9H2/t10-,11-/m1/s1. The van der Waals surface area contributed by atoms with Crippen molar-refractivity contribution in [2.24, 2.45) is 5.92 Å². The predicted octanol–water partition coefficient (Wildman–Crippen LogP) is 1.18. The first-order chi connectivity index (χ1) is 6.95. The molecule has 3 heteroatoms. The molecule has 82 valence electrons. The van der Waals surface area contributed by atoms with Gasteiger partial charge in [-0.1, -0.05) is 0 Å². The molecule has 0 radical (unpaired) electrons. The van der Waals surface area contributed by atoms with Crippen molar-refractivity contribution in [3.8, 4) is 0 Å². The van der Waals surface area contributed by atoms with Crippen LogP contribution in [0.4, 0.5) is 0 Å². The number of hydrogen-bond donors (Lipinski definition) is 1. The molecule has 0 aromatic rings. The summed E-state index contributed by atoms with van der Waals surface area (Å²) in [5, 5.41) is 3.40. The second-order valence-electron chi connectivity index (χ2n) is 4.38. The molecule has 2 heterocycles. The fraction of sp³-hybridized carbons (Fsp3) is 1.00. The van der Waals surface area contributed by atoms with Crippen LogP contribution < -0.4 is 5.32 Å². The fourth-order valence-corrected chi connectivity index (χ4v) is 2.21. The van der Waals surface area contributed by atoms with Gasteiger partial charge in [0.25, 0.3) is 0 Å². The second-order valence-corrected chi connectivity index (χ2v) is 4.38. The molecule has 2 saturated heterocycles. The topological polar surface area (TPSA) is 30.5 Å². The molecule has 14 heavy (non-hydrogen) atoms. The molecule has 2 aliphatic heterocycles. The van der Waals surface area contributed by atoms with E-state index >= 15 is 0 Å².